The van der Waals surface area contributed by atoms with E-state index < -0.39 is 13.1 Å². The topological polar surface area (TPSA) is 60.7 Å². The molecule has 0 spiro atoms. The van der Waals surface area contributed by atoms with Crippen molar-refractivity contribution in [2.45, 2.75) is 38.8 Å². The summed E-state index contributed by atoms with van der Waals surface area (Å²) in [5, 5.41) is -0.734. The van der Waals surface area contributed by atoms with Gasteiger partial charge in [0.25, 0.3) is 0 Å². The molecule has 4 heteroatoms. The minimum absolute atomic E-state index is 0.629. The van der Waals surface area contributed by atoms with E-state index in [-0.39, 0.29) is 0 Å². The van der Waals surface area contributed by atoms with Crippen molar-refractivity contribution in [1.29, 1.82) is 0 Å². The minimum atomic E-state index is -3.64. The van der Waals surface area contributed by atoms with Gasteiger partial charge in [0.05, 0.1) is 0 Å². The third-order valence-electron chi connectivity index (χ3n) is 1.67. The van der Waals surface area contributed by atoms with Crippen LogP contribution in [0.2, 0.25) is 0 Å². The van der Waals surface area contributed by atoms with E-state index in [2.05, 4.69) is 0 Å². The van der Waals surface area contributed by atoms with Crippen LogP contribution < -0.4 is 0 Å². The first-order valence-electron chi connectivity index (χ1n) is 3.38. The molecule has 0 aromatic heterocycles. The molecular weight excluding hydrogens is 151 g/mol. The van der Waals surface area contributed by atoms with E-state index in [1.54, 1.807) is 13.8 Å². The summed E-state index contributed by atoms with van der Waals surface area (Å²) in [5.74, 6) is 0. The third-order valence-corrected chi connectivity index (χ3v) is 3.52. The zero-order valence-electron chi connectivity index (χ0n) is 6.70. The molecule has 0 aliphatic rings. The molecule has 0 fully saturated rings. The molecule has 0 saturated heterocycles. The van der Waals surface area contributed by atoms with Gasteiger partial charge in [-0.3, -0.25) is 0 Å². The van der Waals surface area contributed by atoms with Crippen LogP contribution in [0.25, 0.3) is 0 Å². The summed E-state index contributed by atoms with van der Waals surface area (Å²) in [6.07, 6.45) is 1.47. The lowest BCUT2D eigenvalue weighted by molar-refractivity contribution is 0.287. The second kappa shape index (κ2) is 3.14. The maximum absolute atomic E-state index is 8.90. The Labute approximate surface area is 62.3 Å². The van der Waals surface area contributed by atoms with E-state index in [0.29, 0.717) is 6.42 Å². The summed E-state index contributed by atoms with van der Waals surface area (Å²) in [7, 11) is -3.64. The van der Waals surface area contributed by atoms with Crippen molar-refractivity contribution in [3.8, 4) is 0 Å². The summed E-state index contributed by atoms with van der Waals surface area (Å²) < 4.78 is 0. The summed E-state index contributed by atoms with van der Waals surface area (Å²) >= 11 is 0. The van der Waals surface area contributed by atoms with Gasteiger partial charge in [0.1, 0.15) is 0 Å². The maximum Gasteiger partial charge on any atom is 0.409 e. The molecule has 0 radical (unpaired) electrons. The fourth-order valence-corrected chi connectivity index (χ4v) is 1.29. The van der Waals surface area contributed by atoms with Crippen LogP contribution in [0.4, 0.5) is 0 Å². The van der Waals surface area contributed by atoms with Gasteiger partial charge in [-0.2, -0.15) is 14.7 Å². The average molecular weight is 167 g/mol. The quantitative estimate of drug-likeness (QED) is 0.555. The van der Waals surface area contributed by atoms with Crippen LogP contribution in [0.5, 0.6) is 0 Å². The van der Waals surface area contributed by atoms with Crippen molar-refractivity contribution >= 4 is 7.94 Å². The normalized spacial score (nSPS) is 13.8. The molecule has 0 aromatic rings. The van der Waals surface area contributed by atoms with Gasteiger partial charge in [0.15, 0.2) is 5.16 Å². The van der Waals surface area contributed by atoms with Crippen LogP contribution in [0.15, 0.2) is 0 Å². The number of hydrogen-bond donors (Lipinski definition) is 3. The first-order valence-corrected chi connectivity index (χ1v) is 5.03. The van der Waals surface area contributed by atoms with E-state index in [4.69, 9.17) is 14.7 Å². The zero-order valence-corrected chi connectivity index (χ0v) is 7.60. The van der Waals surface area contributed by atoms with Gasteiger partial charge >= 0.3 is 7.94 Å². The summed E-state index contributed by atoms with van der Waals surface area (Å²) in [6, 6.07) is 0. The van der Waals surface area contributed by atoms with Crippen molar-refractivity contribution in [1.82, 2.24) is 0 Å². The summed E-state index contributed by atoms with van der Waals surface area (Å²) in [6.45, 7) is 5.26. The van der Waals surface area contributed by atoms with E-state index >= 15 is 0 Å². The van der Waals surface area contributed by atoms with E-state index in [1.807, 2.05) is 6.92 Å². The molecule has 0 heterocycles. The highest BCUT2D eigenvalue weighted by molar-refractivity contribution is 7.60. The first kappa shape index (κ1) is 10.3. The molecule has 0 unspecified atom stereocenters. The molecule has 0 aliphatic heterocycles. The Hall–Kier alpha value is 0.310. The molecular formula is C6H16O3P+. The molecule has 0 aromatic carbocycles. The van der Waals surface area contributed by atoms with Gasteiger partial charge in [-0.25, -0.2) is 0 Å². The number of hydrogen-bond acceptors (Lipinski definition) is 3. The Bertz CT molecular complexity index is 106. The Kier molecular flexibility index (Phi) is 3.24. The van der Waals surface area contributed by atoms with E-state index in [9.17, 15) is 0 Å². The summed E-state index contributed by atoms with van der Waals surface area (Å²) in [5.41, 5.74) is 0. The maximum atomic E-state index is 8.90. The van der Waals surface area contributed by atoms with Gasteiger partial charge in [0.2, 0.25) is 0 Å². The second-order valence-corrected chi connectivity index (χ2v) is 5.48. The van der Waals surface area contributed by atoms with Crippen LogP contribution >= 0.6 is 7.94 Å². The number of rotatable bonds is 3. The van der Waals surface area contributed by atoms with Gasteiger partial charge < -0.3 is 0 Å². The van der Waals surface area contributed by atoms with Crippen LogP contribution in [0.3, 0.4) is 0 Å². The van der Waals surface area contributed by atoms with Crippen molar-refractivity contribution in [3.05, 3.63) is 0 Å². The Morgan fingerprint density at radius 2 is 1.60 bits per heavy atom. The van der Waals surface area contributed by atoms with Crippen LogP contribution in [0.1, 0.15) is 33.6 Å². The third kappa shape index (κ3) is 2.51. The van der Waals surface area contributed by atoms with Gasteiger partial charge in [0, 0.05) is 0 Å². The van der Waals surface area contributed by atoms with Crippen molar-refractivity contribution in [2.24, 2.45) is 0 Å². The van der Waals surface area contributed by atoms with Crippen molar-refractivity contribution < 1.29 is 14.7 Å². The lowest BCUT2D eigenvalue weighted by Crippen LogP contribution is -2.23. The van der Waals surface area contributed by atoms with E-state index in [1.165, 1.54) is 0 Å². The summed E-state index contributed by atoms with van der Waals surface area (Å²) in [4.78, 5) is 26.7. The highest BCUT2D eigenvalue weighted by Crippen LogP contribution is 2.59. The lowest BCUT2D eigenvalue weighted by Gasteiger charge is -2.22. The van der Waals surface area contributed by atoms with Gasteiger partial charge in [-0.15, -0.1) is 0 Å². The monoisotopic (exact) mass is 167 g/mol. The highest BCUT2D eigenvalue weighted by Gasteiger charge is 2.49. The molecule has 62 valence electrons. The predicted molar refractivity (Wildman–Crippen MR) is 42.6 cm³/mol. The second-order valence-electron chi connectivity index (χ2n) is 3.13. The average Bonchev–Trinajstić information content (AvgIpc) is 1.61. The Balaban J connectivity index is 4.10. The van der Waals surface area contributed by atoms with Gasteiger partial charge in [-0.05, 0) is 20.3 Å². The Morgan fingerprint density at radius 1 is 1.20 bits per heavy atom. The minimum Gasteiger partial charge on any atom is -0.192 e. The van der Waals surface area contributed by atoms with E-state index in [0.717, 1.165) is 6.42 Å². The molecule has 0 saturated carbocycles. The van der Waals surface area contributed by atoms with Crippen molar-refractivity contribution in [3.63, 3.8) is 0 Å². The van der Waals surface area contributed by atoms with Crippen LogP contribution in [-0.4, -0.2) is 19.8 Å². The molecule has 10 heavy (non-hydrogen) atoms. The molecule has 3 N–H and O–H groups in total. The SMILES string of the molecule is CCCC(C)(C)[P+](O)(O)O. The molecule has 0 aliphatic carbocycles. The molecule has 0 atom stereocenters. The smallest absolute Gasteiger partial charge is 0.192 e. The van der Waals surface area contributed by atoms with Crippen LogP contribution in [-0.2, 0) is 0 Å². The molecule has 3 nitrogen and oxygen atoms in total. The molecule has 0 bridgehead atoms. The first-order chi connectivity index (χ1) is 4.31. The fourth-order valence-electron chi connectivity index (χ4n) is 0.762. The zero-order chi connectivity index (χ0) is 8.41. The fraction of sp³-hybridized carbons (Fsp3) is 1.00. The molecule has 0 rings (SSSR count). The lowest BCUT2D eigenvalue weighted by atomic mass is 10.1. The van der Waals surface area contributed by atoms with Gasteiger partial charge in [-0.1, -0.05) is 13.3 Å². The Morgan fingerprint density at radius 3 is 1.70 bits per heavy atom. The highest BCUT2D eigenvalue weighted by atomic mass is 31.2. The van der Waals surface area contributed by atoms with Crippen molar-refractivity contribution in [2.75, 3.05) is 0 Å². The standard InChI is InChI=1S/C6H16O3P/c1-4-5-6(2,3)10(7,8)9/h7-9H,4-5H2,1-3H3/q+1. The molecule has 0 amide bonds. The van der Waals surface area contributed by atoms with Crippen LogP contribution in [0, 0.1) is 0 Å². The largest absolute Gasteiger partial charge is 0.409 e. The predicted octanol–water partition coefficient (Wildman–Crippen LogP) is 1.30.